The van der Waals surface area contributed by atoms with Gasteiger partial charge in [0.1, 0.15) is 5.69 Å². The Morgan fingerprint density at radius 1 is 1.57 bits per heavy atom. The number of rotatable bonds is 2. The molecule has 5 heteroatoms. The Kier molecular flexibility index (Phi) is 2.41. The second kappa shape index (κ2) is 3.57. The van der Waals surface area contributed by atoms with Gasteiger partial charge < -0.3 is 5.73 Å². The molecule has 2 aromatic heterocycles. The van der Waals surface area contributed by atoms with Crippen LogP contribution in [0.2, 0.25) is 0 Å². The first kappa shape index (κ1) is 9.45. The van der Waals surface area contributed by atoms with Gasteiger partial charge in [0.25, 0.3) is 0 Å². The largest absolute Gasteiger partial charge is 0.394 e. The van der Waals surface area contributed by atoms with E-state index >= 15 is 0 Å². The molecule has 2 aromatic rings. The lowest BCUT2D eigenvalue weighted by molar-refractivity contribution is 0.832. The van der Waals surface area contributed by atoms with Crippen molar-refractivity contribution in [3.63, 3.8) is 0 Å². The smallest absolute Gasteiger partial charge is 0.178 e. The maximum absolute atomic E-state index is 5.91. The van der Waals surface area contributed by atoms with Crippen LogP contribution >= 0.6 is 15.9 Å². The predicted octanol–water partition coefficient (Wildman–Crippen LogP) is 2.03. The van der Waals surface area contributed by atoms with Crippen LogP contribution in [-0.4, -0.2) is 14.6 Å². The van der Waals surface area contributed by atoms with Crippen molar-refractivity contribution in [1.82, 2.24) is 14.6 Å². The monoisotopic (exact) mass is 254 g/mol. The summed E-state index contributed by atoms with van der Waals surface area (Å²) in [4.78, 5) is 4.21. The van der Waals surface area contributed by atoms with Gasteiger partial charge >= 0.3 is 0 Å². The van der Waals surface area contributed by atoms with Crippen LogP contribution in [0.25, 0.3) is 5.65 Å². The maximum Gasteiger partial charge on any atom is 0.178 e. The number of nitrogens with zero attached hydrogens (tertiary/aromatic N) is 3. The van der Waals surface area contributed by atoms with Crippen molar-refractivity contribution in [3.05, 3.63) is 22.6 Å². The van der Waals surface area contributed by atoms with Crippen LogP contribution in [0.15, 0.2) is 16.9 Å². The second-order valence-electron chi connectivity index (χ2n) is 3.15. The molecule has 74 valence electrons. The van der Waals surface area contributed by atoms with Crippen LogP contribution in [0.1, 0.15) is 19.0 Å². The molecule has 2 heterocycles. The first-order valence-corrected chi connectivity index (χ1v) is 5.30. The number of nitrogens with two attached hydrogens (primary N) is 1. The Bertz CT molecular complexity index is 463. The molecule has 0 amide bonds. The van der Waals surface area contributed by atoms with Crippen LogP contribution in [0.3, 0.4) is 0 Å². The van der Waals surface area contributed by atoms with Crippen molar-refractivity contribution in [1.29, 1.82) is 0 Å². The van der Waals surface area contributed by atoms with E-state index in [2.05, 4.69) is 32.9 Å². The number of hydrogen-bond acceptors (Lipinski definition) is 3. The Hall–Kier alpha value is -1.10. The Morgan fingerprint density at radius 2 is 2.36 bits per heavy atom. The van der Waals surface area contributed by atoms with Crippen LogP contribution in [-0.2, 0) is 6.42 Å². The Morgan fingerprint density at radius 3 is 3.07 bits per heavy atom. The highest BCUT2D eigenvalue weighted by atomic mass is 79.9. The molecule has 0 aliphatic rings. The van der Waals surface area contributed by atoms with E-state index in [1.807, 2.05) is 6.20 Å². The van der Waals surface area contributed by atoms with E-state index in [0.717, 1.165) is 28.7 Å². The third-order valence-electron chi connectivity index (χ3n) is 2.04. The molecule has 0 bridgehead atoms. The quantitative estimate of drug-likeness (QED) is 0.893. The molecule has 0 saturated carbocycles. The average molecular weight is 255 g/mol. The minimum Gasteiger partial charge on any atom is -0.394 e. The van der Waals surface area contributed by atoms with E-state index in [9.17, 15) is 0 Å². The summed E-state index contributed by atoms with van der Waals surface area (Å²) in [6, 6.07) is 0. The lowest BCUT2D eigenvalue weighted by atomic mass is 10.2. The van der Waals surface area contributed by atoms with E-state index < -0.39 is 0 Å². The molecule has 0 aliphatic heterocycles. The van der Waals surface area contributed by atoms with Crippen molar-refractivity contribution >= 4 is 27.3 Å². The molecule has 0 aliphatic carbocycles. The minimum atomic E-state index is 0.694. The molecule has 0 unspecified atom stereocenters. The molecule has 0 saturated heterocycles. The molecule has 4 nitrogen and oxygen atoms in total. The van der Waals surface area contributed by atoms with Gasteiger partial charge in [0, 0.05) is 12.4 Å². The first-order chi connectivity index (χ1) is 6.72. The third-order valence-corrected chi connectivity index (χ3v) is 2.45. The number of hydrogen-bond donors (Lipinski definition) is 1. The van der Waals surface area contributed by atoms with Gasteiger partial charge in [-0.05, 0) is 22.4 Å². The molecule has 14 heavy (non-hydrogen) atoms. The van der Waals surface area contributed by atoms with Crippen molar-refractivity contribution in [2.45, 2.75) is 19.8 Å². The number of aromatic nitrogens is 3. The average Bonchev–Trinajstić information content (AvgIpc) is 2.44. The molecule has 0 atom stereocenters. The standard InChI is InChI=1S/C9H11BrN4/c1-2-3-7-8(11)9-12-4-6(10)5-14(9)13-7/h4-5H,2-3,11H2,1H3. The lowest BCUT2D eigenvalue weighted by Crippen LogP contribution is -1.91. The van der Waals surface area contributed by atoms with Gasteiger partial charge in [-0.3, -0.25) is 0 Å². The lowest BCUT2D eigenvalue weighted by Gasteiger charge is -1.92. The van der Waals surface area contributed by atoms with E-state index in [4.69, 9.17) is 5.73 Å². The molecule has 0 radical (unpaired) electrons. The van der Waals surface area contributed by atoms with Crippen molar-refractivity contribution in [2.75, 3.05) is 5.73 Å². The van der Waals surface area contributed by atoms with Crippen molar-refractivity contribution in [2.24, 2.45) is 0 Å². The van der Waals surface area contributed by atoms with Crippen LogP contribution in [0, 0.1) is 0 Å². The highest BCUT2D eigenvalue weighted by molar-refractivity contribution is 9.10. The summed E-state index contributed by atoms with van der Waals surface area (Å²) in [5.41, 5.74) is 8.27. The molecule has 2 N–H and O–H groups in total. The minimum absolute atomic E-state index is 0.694. The van der Waals surface area contributed by atoms with E-state index in [0.29, 0.717) is 5.69 Å². The maximum atomic E-state index is 5.91. The van der Waals surface area contributed by atoms with E-state index in [1.165, 1.54) is 0 Å². The number of anilines is 1. The molecule has 0 fully saturated rings. The number of nitrogen functional groups attached to an aromatic ring is 1. The topological polar surface area (TPSA) is 56.2 Å². The fourth-order valence-corrected chi connectivity index (χ4v) is 1.69. The zero-order chi connectivity index (χ0) is 10.1. The Labute approximate surface area is 90.3 Å². The zero-order valence-corrected chi connectivity index (χ0v) is 9.45. The summed E-state index contributed by atoms with van der Waals surface area (Å²) >= 11 is 3.34. The summed E-state index contributed by atoms with van der Waals surface area (Å²) in [6.45, 7) is 2.10. The molecule has 0 spiro atoms. The third kappa shape index (κ3) is 1.48. The number of halogens is 1. The van der Waals surface area contributed by atoms with Crippen LogP contribution in [0.5, 0.6) is 0 Å². The zero-order valence-electron chi connectivity index (χ0n) is 7.87. The summed E-state index contributed by atoms with van der Waals surface area (Å²) in [5.74, 6) is 0. The second-order valence-corrected chi connectivity index (χ2v) is 4.07. The van der Waals surface area contributed by atoms with Crippen LogP contribution < -0.4 is 5.73 Å². The number of fused-ring (bicyclic) bond motifs is 1. The highest BCUT2D eigenvalue weighted by Gasteiger charge is 2.09. The van der Waals surface area contributed by atoms with Gasteiger partial charge in [0.05, 0.1) is 10.2 Å². The molecular formula is C9H11BrN4. The van der Waals surface area contributed by atoms with Gasteiger partial charge in [-0.15, -0.1) is 0 Å². The van der Waals surface area contributed by atoms with Gasteiger partial charge in [-0.2, -0.15) is 5.10 Å². The van der Waals surface area contributed by atoms with E-state index in [1.54, 1.807) is 10.7 Å². The van der Waals surface area contributed by atoms with Crippen LogP contribution in [0.4, 0.5) is 5.69 Å². The van der Waals surface area contributed by atoms with Crippen molar-refractivity contribution < 1.29 is 0 Å². The van der Waals surface area contributed by atoms with Gasteiger partial charge in [0.2, 0.25) is 0 Å². The number of aryl methyl sites for hydroxylation is 1. The predicted molar refractivity (Wildman–Crippen MR) is 59.1 cm³/mol. The SMILES string of the molecule is CCCc1nn2cc(Br)cnc2c1N. The van der Waals surface area contributed by atoms with Crippen molar-refractivity contribution in [3.8, 4) is 0 Å². The highest BCUT2D eigenvalue weighted by Crippen LogP contribution is 2.19. The van der Waals surface area contributed by atoms with Gasteiger partial charge in [0.15, 0.2) is 5.65 Å². The summed E-state index contributed by atoms with van der Waals surface area (Å²) < 4.78 is 2.61. The Balaban J connectivity index is 2.61. The fourth-order valence-electron chi connectivity index (χ4n) is 1.40. The van der Waals surface area contributed by atoms with E-state index in [-0.39, 0.29) is 0 Å². The summed E-state index contributed by atoms with van der Waals surface area (Å²) in [7, 11) is 0. The normalized spacial score (nSPS) is 11.0. The summed E-state index contributed by atoms with van der Waals surface area (Å²) in [6.07, 6.45) is 5.52. The fraction of sp³-hybridized carbons (Fsp3) is 0.333. The molecular weight excluding hydrogens is 244 g/mol. The molecule has 0 aromatic carbocycles. The molecule has 2 rings (SSSR count). The summed E-state index contributed by atoms with van der Waals surface area (Å²) in [5, 5.41) is 4.36. The van der Waals surface area contributed by atoms with Gasteiger partial charge in [-0.1, -0.05) is 13.3 Å². The first-order valence-electron chi connectivity index (χ1n) is 4.50. The van der Waals surface area contributed by atoms with Gasteiger partial charge in [-0.25, -0.2) is 9.50 Å².